The number of aryl methyl sites for hydroxylation is 2. The second-order valence-corrected chi connectivity index (χ2v) is 8.49. The van der Waals surface area contributed by atoms with Gasteiger partial charge in [-0.2, -0.15) is 0 Å². The highest BCUT2D eigenvalue weighted by molar-refractivity contribution is 5.83. The number of likely N-dealkylation sites (tertiary alicyclic amines) is 1. The van der Waals surface area contributed by atoms with Gasteiger partial charge in [0, 0.05) is 30.1 Å². The SMILES string of the molecule is COCCn1nnnc1[C@@H](c1cc2c(C)cc(C)cc2[nH]c1=O)N1CCC[C@H](C)C1. The molecule has 2 aromatic heterocycles. The van der Waals surface area contributed by atoms with Crippen molar-refractivity contribution in [3.8, 4) is 0 Å². The number of methoxy groups -OCH3 is 1. The number of piperidine rings is 1. The molecule has 1 aliphatic heterocycles. The molecule has 0 saturated carbocycles. The minimum atomic E-state index is -0.298. The molecule has 1 fully saturated rings. The summed E-state index contributed by atoms with van der Waals surface area (Å²) in [7, 11) is 1.66. The molecule has 0 amide bonds. The van der Waals surface area contributed by atoms with Gasteiger partial charge >= 0.3 is 0 Å². The van der Waals surface area contributed by atoms with E-state index in [4.69, 9.17) is 4.74 Å². The number of rotatable bonds is 6. The van der Waals surface area contributed by atoms with E-state index in [0.29, 0.717) is 30.5 Å². The van der Waals surface area contributed by atoms with Gasteiger partial charge in [-0.25, -0.2) is 4.68 Å². The molecule has 8 nitrogen and oxygen atoms in total. The quantitative estimate of drug-likeness (QED) is 0.672. The molecule has 0 spiro atoms. The first kappa shape index (κ1) is 20.7. The molecule has 0 radical (unpaired) electrons. The number of tetrazole rings is 1. The predicted octanol–water partition coefficient (Wildman–Crippen LogP) is 2.60. The minimum Gasteiger partial charge on any atom is -0.383 e. The number of ether oxygens (including phenoxy) is 1. The fourth-order valence-electron chi connectivity index (χ4n) is 4.60. The van der Waals surface area contributed by atoms with Gasteiger partial charge in [-0.3, -0.25) is 9.69 Å². The maximum atomic E-state index is 13.3. The predicted molar refractivity (Wildman–Crippen MR) is 116 cm³/mol. The van der Waals surface area contributed by atoms with Gasteiger partial charge in [-0.05, 0) is 72.8 Å². The number of nitrogens with zero attached hydrogens (tertiary/aromatic N) is 5. The van der Waals surface area contributed by atoms with Crippen molar-refractivity contribution in [1.82, 2.24) is 30.1 Å². The molecule has 1 aliphatic rings. The van der Waals surface area contributed by atoms with E-state index in [-0.39, 0.29) is 11.6 Å². The smallest absolute Gasteiger partial charge is 0.253 e. The molecule has 3 heterocycles. The summed E-state index contributed by atoms with van der Waals surface area (Å²) in [5.74, 6) is 1.25. The van der Waals surface area contributed by atoms with Crippen molar-refractivity contribution in [2.75, 3.05) is 26.8 Å². The summed E-state index contributed by atoms with van der Waals surface area (Å²) < 4.78 is 6.99. The van der Waals surface area contributed by atoms with Crippen LogP contribution in [0.2, 0.25) is 0 Å². The summed E-state index contributed by atoms with van der Waals surface area (Å²) in [6.45, 7) is 9.26. The fraction of sp³-hybridized carbons (Fsp3) is 0.545. The average molecular weight is 411 g/mol. The van der Waals surface area contributed by atoms with Crippen LogP contribution in [0.5, 0.6) is 0 Å². The maximum absolute atomic E-state index is 13.3. The molecule has 1 saturated heterocycles. The van der Waals surface area contributed by atoms with Gasteiger partial charge in [-0.1, -0.05) is 13.0 Å². The number of fused-ring (bicyclic) bond motifs is 1. The lowest BCUT2D eigenvalue weighted by Gasteiger charge is -2.36. The zero-order chi connectivity index (χ0) is 21.3. The number of nitrogens with one attached hydrogen (secondary N) is 1. The molecule has 30 heavy (non-hydrogen) atoms. The molecule has 1 aromatic carbocycles. The number of hydrogen-bond donors (Lipinski definition) is 1. The van der Waals surface area contributed by atoms with Crippen molar-refractivity contribution in [2.24, 2.45) is 5.92 Å². The number of pyridine rings is 1. The summed E-state index contributed by atoms with van der Waals surface area (Å²) in [6.07, 6.45) is 2.30. The first-order valence-electron chi connectivity index (χ1n) is 10.6. The van der Waals surface area contributed by atoms with E-state index in [1.54, 1.807) is 11.8 Å². The van der Waals surface area contributed by atoms with E-state index < -0.39 is 0 Å². The van der Waals surface area contributed by atoms with Gasteiger partial charge in [0.2, 0.25) is 0 Å². The lowest BCUT2D eigenvalue weighted by atomic mass is 9.95. The van der Waals surface area contributed by atoms with Crippen LogP contribution in [-0.2, 0) is 11.3 Å². The topological polar surface area (TPSA) is 88.9 Å². The Labute approximate surface area is 176 Å². The molecular weight excluding hydrogens is 380 g/mol. The van der Waals surface area contributed by atoms with Crippen LogP contribution in [0.25, 0.3) is 10.9 Å². The second kappa shape index (κ2) is 8.65. The van der Waals surface area contributed by atoms with E-state index in [1.807, 2.05) is 19.1 Å². The van der Waals surface area contributed by atoms with Gasteiger partial charge in [0.1, 0.15) is 6.04 Å². The van der Waals surface area contributed by atoms with Gasteiger partial charge in [-0.15, -0.1) is 5.10 Å². The summed E-state index contributed by atoms with van der Waals surface area (Å²) >= 11 is 0. The van der Waals surface area contributed by atoms with Crippen LogP contribution in [0.15, 0.2) is 23.0 Å². The van der Waals surface area contributed by atoms with Crippen molar-refractivity contribution >= 4 is 10.9 Å². The largest absolute Gasteiger partial charge is 0.383 e. The molecule has 0 bridgehead atoms. The lowest BCUT2D eigenvalue weighted by molar-refractivity contribution is 0.137. The van der Waals surface area contributed by atoms with Gasteiger partial charge in [0.05, 0.1) is 13.2 Å². The van der Waals surface area contributed by atoms with Crippen LogP contribution >= 0.6 is 0 Å². The third-order valence-electron chi connectivity index (χ3n) is 6.00. The van der Waals surface area contributed by atoms with E-state index in [9.17, 15) is 4.79 Å². The zero-order valence-electron chi connectivity index (χ0n) is 18.2. The van der Waals surface area contributed by atoms with Crippen LogP contribution in [0.3, 0.4) is 0 Å². The first-order chi connectivity index (χ1) is 14.5. The standard InChI is InChI=1S/C22H30N6O2/c1-14-6-5-7-27(13-14)20(21-24-25-26-28(21)8-9-30-4)18-12-17-16(3)10-15(2)11-19(17)23-22(18)29/h10-12,14,20H,5-9,13H2,1-4H3,(H,23,29)/t14-,20+/m0/s1. The van der Waals surface area contributed by atoms with E-state index >= 15 is 0 Å². The highest BCUT2D eigenvalue weighted by atomic mass is 16.5. The van der Waals surface area contributed by atoms with Crippen LogP contribution in [0, 0.1) is 19.8 Å². The van der Waals surface area contributed by atoms with Crippen molar-refractivity contribution in [2.45, 2.75) is 46.2 Å². The Balaban J connectivity index is 1.87. The summed E-state index contributed by atoms with van der Waals surface area (Å²) in [5, 5.41) is 13.5. The molecular formula is C22H30N6O2. The Bertz CT molecular complexity index is 1090. The first-order valence-corrected chi connectivity index (χ1v) is 10.6. The summed E-state index contributed by atoms with van der Waals surface area (Å²) in [4.78, 5) is 18.7. The van der Waals surface area contributed by atoms with E-state index in [1.165, 1.54) is 6.42 Å². The van der Waals surface area contributed by atoms with Gasteiger partial charge in [0.25, 0.3) is 5.56 Å². The Morgan fingerprint density at radius 2 is 2.13 bits per heavy atom. The second-order valence-electron chi connectivity index (χ2n) is 8.49. The number of benzene rings is 1. The molecule has 1 N–H and O–H groups in total. The third-order valence-corrected chi connectivity index (χ3v) is 6.00. The molecule has 160 valence electrons. The van der Waals surface area contributed by atoms with Crippen molar-refractivity contribution in [1.29, 1.82) is 0 Å². The Morgan fingerprint density at radius 1 is 1.30 bits per heavy atom. The number of aromatic nitrogens is 5. The molecule has 8 heteroatoms. The van der Waals surface area contributed by atoms with E-state index in [2.05, 4.69) is 45.3 Å². The summed E-state index contributed by atoms with van der Waals surface area (Å²) in [6, 6.07) is 5.90. The van der Waals surface area contributed by atoms with Crippen molar-refractivity contribution in [3.05, 3.63) is 51.1 Å². The van der Waals surface area contributed by atoms with Gasteiger partial charge in [0.15, 0.2) is 5.82 Å². The van der Waals surface area contributed by atoms with Crippen LogP contribution < -0.4 is 5.56 Å². The zero-order valence-corrected chi connectivity index (χ0v) is 18.2. The van der Waals surface area contributed by atoms with Crippen molar-refractivity contribution in [3.63, 3.8) is 0 Å². The summed E-state index contributed by atoms with van der Waals surface area (Å²) in [5.41, 5.74) is 3.75. The molecule has 0 aliphatic carbocycles. The van der Waals surface area contributed by atoms with Crippen LogP contribution in [0.4, 0.5) is 0 Å². The van der Waals surface area contributed by atoms with Gasteiger partial charge < -0.3 is 9.72 Å². The normalized spacial score (nSPS) is 18.7. The lowest BCUT2D eigenvalue weighted by Crippen LogP contribution is -2.41. The van der Waals surface area contributed by atoms with Crippen LogP contribution in [-0.4, -0.2) is 56.9 Å². The number of hydrogen-bond acceptors (Lipinski definition) is 6. The number of H-pyrrole nitrogens is 1. The fourth-order valence-corrected chi connectivity index (χ4v) is 4.60. The third kappa shape index (κ3) is 4.02. The molecule has 0 unspecified atom stereocenters. The monoisotopic (exact) mass is 410 g/mol. The average Bonchev–Trinajstić information content (AvgIpc) is 3.15. The van der Waals surface area contributed by atoms with Crippen molar-refractivity contribution < 1.29 is 4.74 Å². The molecule has 4 rings (SSSR count). The number of aromatic amines is 1. The Morgan fingerprint density at radius 3 is 2.90 bits per heavy atom. The van der Waals surface area contributed by atoms with E-state index in [0.717, 1.165) is 41.5 Å². The Hall–Kier alpha value is -2.58. The minimum absolute atomic E-state index is 0.0861. The van der Waals surface area contributed by atoms with Crippen LogP contribution in [0.1, 0.15) is 48.3 Å². The maximum Gasteiger partial charge on any atom is 0.253 e. The highest BCUT2D eigenvalue weighted by Gasteiger charge is 2.32. The highest BCUT2D eigenvalue weighted by Crippen LogP contribution is 2.31. The molecule has 3 aromatic rings. The molecule has 2 atom stereocenters. The Kier molecular flexibility index (Phi) is 5.97.